The molecule has 0 radical (unpaired) electrons. The molecule has 0 saturated heterocycles. The van der Waals surface area contributed by atoms with Gasteiger partial charge in [-0.25, -0.2) is 18.7 Å². The van der Waals surface area contributed by atoms with E-state index in [0.29, 0.717) is 5.69 Å². The van der Waals surface area contributed by atoms with Gasteiger partial charge in [-0.1, -0.05) is 24.2 Å². The van der Waals surface area contributed by atoms with Crippen molar-refractivity contribution in [3.05, 3.63) is 71.5 Å². The number of nitrogens with one attached hydrogen (secondary N) is 1. The summed E-state index contributed by atoms with van der Waals surface area (Å²) in [6.45, 7) is 1.71. The van der Waals surface area contributed by atoms with Gasteiger partial charge in [0.25, 0.3) is 0 Å². The van der Waals surface area contributed by atoms with E-state index >= 15 is 0 Å². The molecule has 0 unspecified atom stereocenters. The summed E-state index contributed by atoms with van der Waals surface area (Å²) in [4.78, 5) is 24.9. The third-order valence-electron chi connectivity index (χ3n) is 5.32. The number of nitrogen functional groups attached to an aromatic ring is 1. The fourth-order valence-electron chi connectivity index (χ4n) is 2.92. The van der Waals surface area contributed by atoms with Crippen LogP contribution in [0.2, 0.25) is 0 Å². The maximum atomic E-state index is 14.0. The van der Waals surface area contributed by atoms with Crippen LogP contribution in [0.25, 0.3) is 5.70 Å². The number of nitrogens with two attached hydrogens (primary N) is 2. The summed E-state index contributed by atoms with van der Waals surface area (Å²) in [6.07, 6.45) is 5.77. The third kappa shape index (κ3) is 4.86. The monoisotopic (exact) mass is 453 g/mol. The van der Waals surface area contributed by atoms with E-state index in [1.165, 1.54) is 36.7 Å². The summed E-state index contributed by atoms with van der Waals surface area (Å²) in [5.74, 6) is -1.94. The van der Waals surface area contributed by atoms with Crippen molar-refractivity contribution in [3.63, 3.8) is 0 Å². The number of nitrogens with zero attached hydrogens (tertiary/aromatic N) is 4. The molecular formula is C22H21F2N7O2. The first-order valence-corrected chi connectivity index (χ1v) is 10.1. The number of amides is 1. The molecule has 0 aliphatic heterocycles. The van der Waals surface area contributed by atoms with E-state index in [9.17, 15) is 13.6 Å². The molecule has 1 amide bonds. The molecule has 0 atom stereocenters. The van der Waals surface area contributed by atoms with E-state index in [4.69, 9.17) is 16.0 Å². The summed E-state index contributed by atoms with van der Waals surface area (Å²) >= 11 is 0. The molecule has 3 aromatic rings. The number of hydrogen-bond donors (Lipinski definition) is 3. The Hall–Kier alpha value is -4.15. The Morgan fingerprint density at radius 2 is 2.12 bits per heavy atom. The molecule has 170 valence electrons. The normalized spacial score (nSPS) is 15.4. The molecule has 2 aromatic heterocycles. The largest absolute Gasteiger partial charge is 0.396 e. The molecular weight excluding hydrogens is 432 g/mol. The first-order valence-electron chi connectivity index (χ1n) is 10.1. The Balaban J connectivity index is 1.59. The van der Waals surface area contributed by atoms with Gasteiger partial charge in [-0.3, -0.25) is 9.79 Å². The van der Waals surface area contributed by atoms with Crippen LogP contribution >= 0.6 is 0 Å². The van der Waals surface area contributed by atoms with Gasteiger partial charge in [-0.2, -0.15) is 0 Å². The summed E-state index contributed by atoms with van der Waals surface area (Å²) < 4.78 is 32.3. The number of anilines is 2. The van der Waals surface area contributed by atoms with Crippen molar-refractivity contribution in [2.24, 2.45) is 16.1 Å². The zero-order valence-electron chi connectivity index (χ0n) is 17.7. The highest BCUT2D eigenvalue weighted by atomic mass is 19.2. The van der Waals surface area contributed by atoms with Crippen LogP contribution in [0.3, 0.4) is 0 Å². The number of aromatic nitrogens is 3. The van der Waals surface area contributed by atoms with Gasteiger partial charge in [0, 0.05) is 17.0 Å². The second kappa shape index (κ2) is 8.77. The highest BCUT2D eigenvalue weighted by Crippen LogP contribution is 2.45. The summed E-state index contributed by atoms with van der Waals surface area (Å²) in [7, 11) is 0. The number of aliphatic imine (C=N–C) groups is 1. The van der Waals surface area contributed by atoms with E-state index in [-0.39, 0.29) is 52.2 Å². The predicted octanol–water partition coefficient (Wildman–Crippen LogP) is 3.05. The van der Waals surface area contributed by atoms with E-state index in [2.05, 4.69) is 25.4 Å². The molecule has 9 nitrogen and oxygen atoms in total. The molecule has 33 heavy (non-hydrogen) atoms. The van der Waals surface area contributed by atoms with Crippen molar-refractivity contribution in [2.45, 2.75) is 26.3 Å². The second-order valence-corrected chi connectivity index (χ2v) is 7.91. The third-order valence-corrected chi connectivity index (χ3v) is 5.32. The predicted molar refractivity (Wildman–Crippen MR) is 118 cm³/mol. The quantitative estimate of drug-likeness (QED) is 0.466. The molecule has 0 bridgehead atoms. The van der Waals surface area contributed by atoms with Crippen LogP contribution in [0, 0.1) is 17.0 Å². The molecule has 1 saturated carbocycles. The van der Waals surface area contributed by atoms with Crippen molar-refractivity contribution in [2.75, 3.05) is 11.1 Å². The standard InChI is InChI=1S/C22H21F2N7O2/c1-22(6-7-22)21(32)29-17-11-28-20(30-19(17)26)14(25)9-16(15-5-8-33-31-15)27-10-12-3-2-4-13(23)18(12)24/h2-5,8-9,11H,6-7,10,25H2,1H3,(H,29,32)(H2,26,28,30)/b14-9-,27-16?. The fourth-order valence-corrected chi connectivity index (χ4v) is 2.92. The Labute approximate surface area is 187 Å². The SMILES string of the molecule is CC1(C(=O)Nc2cnc(/C(N)=C/C(=NCc3cccc(F)c3F)c3ccon3)nc2N)CC1. The van der Waals surface area contributed by atoms with Crippen molar-refractivity contribution in [1.82, 2.24) is 15.1 Å². The van der Waals surface area contributed by atoms with Crippen LogP contribution in [0.1, 0.15) is 36.8 Å². The zero-order valence-corrected chi connectivity index (χ0v) is 17.7. The minimum absolute atomic E-state index is 0.0516. The number of hydrogen-bond acceptors (Lipinski definition) is 8. The number of carbonyl (C=O) groups excluding carboxylic acids is 1. The van der Waals surface area contributed by atoms with Crippen molar-refractivity contribution >= 4 is 28.8 Å². The van der Waals surface area contributed by atoms with Crippen molar-refractivity contribution < 1.29 is 18.1 Å². The summed E-state index contributed by atoms with van der Waals surface area (Å²) in [5, 5.41) is 6.55. The van der Waals surface area contributed by atoms with Gasteiger partial charge in [-0.15, -0.1) is 0 Å². The van der Waals surface area contributed by atoms with Crippen molar-refractivity contribution in [1.29, 1.82) is 0 Å². The van der Waals surface area contributed by atoms with E-state index < -0.39 is 11.6 Å². The second-order valence-electron chi connectivity index (χ2n) is 7.91. The van der Waals surface area contributed by atoms with Crippen LogP contribution in [0.5, 0.6) is 0 Å². The van der Waals surface area contributed by atoms with Gasteiger partial charge in [0.2, 0.25) is 5.91 Å². The van der Waals surface area contributed by atoms with Gasteiger partial charge >= 0.3 is 0 Å². The highest BCUT2D eigenvalue weighted by molar-refractivity contribution is 6.10. The lowest BCUT2D eigenvalue weighted by molar-refractivity contribution is -0.120. The van der Waals surface area contributed by atoms with E-state index in [1.54, 1.807) is 0 Å². The average Bonchev–Trinajstić information content (AvgIpc) is 3.32. The van der Waals surface area contributed by atoms with Crippen LogP contribution in [-0.4, -0.2) is 26.7 Å². The summed E-state index contributed by atoms with van der Waals surface area (Å²) in [6, 6.07) is 5.38. The molecule has 1 aliphatic carbocycles. The Morgan fingerprint density at radius 1 is 1.33 bits per heavy atom. The maximum Gasteiger partial charge on any atom is 0.230 e. The van der Waals surface area contributed by atoms with Gasteiger partial charge in [0.05, 0.1) is 24.2 Å². The van der Waals surface area contributed by atoms with Gasteiger partial charge in [0.1, 0.15) is 17.6 Å². The first-order chi connectivity index (χ1) is 15.8. The Bertz CT molecular complexity index is 1250. The number of allylic oxidation sites excluding steroid dienone is 1. The van der Waals surface area contributed by atoms with Crippen LogP contribution in [0.4, 0.5) is 20.3 Å². The van der Waals surface area contributed by atoms with Crippen LogP contribution in [0.15, 0.2) is 52.3 Å². The number of benzene rings is 1. The Kier molecular flexibility index (Phi) is 5.86. The minimum atomic E-state index is -0.980. The molecule has 11 heteroatoms. The van der Waals surface area contributed by atoms with E-state index in [0.717, 1.165) is 18.9 Å². The molecule has 1 aromatic carbocycles. The van der Waals surface area contributed by atoms with E-state index in [1.807, 2.05) is 6.92 Å². The van der Waals surface area contributed by atoms with Gasteiger partial charge in [0.15, 0.2) is 23.3 Å². The molecule has 4 rings (SSSR count). The lowest BCUT2D eigenvalue weighted by Gasteiger charge is -2.12. The lowest BCUT2D eigenvalue weighted by Crippen LogP contribution is -2.22. The minimum Gasteiger partial charge on any atom is -0.396 e. The molecule has 5 N–H and O–H groups in total. The maximum absolute atomic E-state index is 14.0. The summed E-state index contributed by atoms with van der Waals surface area (Å²) in [5.41, 5.74) is 12.8. The fraction of sp³-hybridized carbons (Fsp3) is 0.227. The van der Waals surface area contributed by atoms with Gasteiger partial charge < -0.3 is 21.3 Å². The number of rotatable bonds is 7. The first kappa shape index (κ1) is 22.1. The average molecular weight is 453 g/mol. The molecule has 2 heterocycles. The number of carbonyl (C=O) groups is 1. The molecule has 1 aliphatic rings. The smallest absolute Gasteiger partial charge is 0.230 e. The number of halogens is 2. The molecule has 1 fully saturated rings. The van der Waals surface area contributed by atoms with Crippen LogP contribution in [-0.2, 0) is 11.3 Å². The lowest BCUT2D eigenvalue weighted by atomic mass is 10.1. The zero-order chi connectivity index (χ0) is 23.6. The van der Waals surface area contributed by atoms with Gasteiger partial charge in [-0.05, 0) is 25.0 Å². The van der Waals surface area contributed by atoms with Crippen LogP contribution < -0.4 is 16.8 Å². The Morgan fingerprint density at radius 3 is 2.79 bits per heavy atom. The highest BCUT2D eigenvalue weighted by Gasteiger charge is 2.45. The van der Waals surface area contributed by atoms with Crippen molar-refractivity contribution in [3.8, 4) is 0 Å². The molecule has 0 spiro atoms. The topological polar surface area (TPSA) is 145 Å².